The molecule has 7 heteroatoms. The standard InChI is InChI=1S/C20H27F4N3/c21-17-10-14(27-5-3-12(4-6-27)20(22,23)24)1-2-15(17)19-16-9-13(25)7-11(16)8-18(19)26/h1-2,10-13,16,18-19H,3-9,25-26H2. The predicted molar refractivity (Wildman–Crippen MR) is 96.9 cm³/mol. The van der Waals surface area contributed by atoms with Gasteiger partial charge in [-0.25, -0.2) is 4.39 Å². The fourth-order valence-electron chi connectivity index (χ4n) is 5.64. The molecule has 1 aromatic carbocycles. The molecule has 0 bridgehead atoms. The molecule has 1 saturated heterocycles. The van der Waals surface area contributed by atoms with Crippen LogP contribution in [0, 0.1) is 23.6 Å². The van der Waals surface area contributed by atoms with Crippen LogP contribution in [0.4, 0.5) is 23.2 Å². The van der Waals surface area contributed by atoms with Crippen molar-refractivity contribution >= 4 is 5.69 Å². The zero-order chi connectivity index (χ0) is 19.3. The Bertz CT molecular complexity index is 684. The van der Waals surface area contributed by atoms with Crippen molar-refractivity contribution in [1.29, 1.82) is 0 Å². The second-order valence-corrected chi connectivity index (χ2v) is 8.59. The van der Waals surface area contributed by atoms with Crippen LogP contribution in [0.2, 0.25) is 0 Å². The summed E-state index contributed by atoms with van der Waals surface area (Å²) in [5, 5.41) is 0. The van der Waals surface area contributed by atoms with Crippen molar-refractivity contribution in [3.05, 3.63) is 29.6 Å². The van der Waals surface area contributed by atoms with E-state index in [-0.39, 0.29) is 36.7 Å². The third kappa shape index (κ3) is 3.56. The van der Waals surface area contributed by atoms with Crippen LogP contribution < -0.4 is 16.4 Å². The Balaban J connectivity index is 1.49. The van der Waals surface area contributed by atoms with Gasteiger partial charge in [-0.2, -0.15) is 13.2 Å². The molecule has 0 amide bonds. The maximum Gasteiger partial charge on any atom is 0.391 e. The molecule has 1 aliphatic heterocycles. The van der Waals surface area contributed by atoms with Crippen molar-refractivity contribution in [1.82, 2.24) is 0 Å². The highest BCUT2D eigenvalue weighted by Crippen LogP contribution is 2.51. The number of hydrogen-bond donors (Lipinski definition) is 2. The van der Waals surface area contributed by atoms with Gasteiger partial charge in [0.1, 0.15) is 5.82 Å². The molecule has 150 valence electrons. The molecule has 3 aliphatic rings. The minimum absolute atomic E-state index is 0.0198. The predicted octanol–water partition coefficient (Wildman–Crippen LogP) is 3.77. The molecule has 2 aliphatic carbocycles. The number of alkyl halides is 3. The van der Waals surface area contributed by atoms with Gasteiger partial charge in [-0.3, -0.25) is 0 Å². The molecule has 0 radical (unpaired) electrons. The molecule has 1 aromatic rings. The molecule has 2 saturated carbocycles. The molecule has 0 spiro atoms. The third-order valence-electron chi connectivity index (χ3n) is 6.95. The van der Waals surface area contributed by atoms with Gasteiger partial charge in [-0.1, -0.05) is 6.07 Å². The van der Waals surface area contributed by atoms with Crippen LogP contribution in [-0.4, -0.2) is 31.3 Å². The van der Waals surface area contributed by atoms with E-state index < -0.39 is 12.1 Å². The zero-order valence-corrected chi connectivity index (χ0v) is 15.3. The molecule has 3 nitrogen and oxygen atoms in total. The van der Waals surface area contributed by atoms with Crippen LogP contribution in [0.25, 0.3) is 0 Å². The van der Waals surface area contributed by atoms with E-state index in [9.17, 15) is 17.6 Å². The van der Waals surface area contributed by atoms with Crippen molar-refractivity contribution in [3.8, 4) is 0 Å². The van der Waals surface area contributed by atoms with Gasteiger partial charge in [0.2, 0.25) is 0 Å². The SMILES string of the molecule is NC1CC2CC(N)C(c3ccc(N4CCC(C(F)(F)F)CC4)cc3F)C2C1. The van der Waals surface area contributed by atoms with E-state index in [2.05, 4.69) is 0 Å². The van der Waals surface area contributed by atoms with Gasteiger partial charge in [0.25, 0.3) is 0 Å². The van der Waals surface area contributed by atoms with E-state index in [1.807, 2.05) is 11.0 Å². The maximum absolute atomic E-state index is 15.0. The van der Waals surface area contributed by atoms with Crippen molar-refractivity contribution in [2.75, 3.05) is 18.0 Å². The average molecular weight is 385 g/mol. The first-order valence-electron chi connectivity index (χ1n) is 9.86. The second-order valence-electron chi connectivity index (χ2n) is 8.59. The van der Waals surface area contributed by atoms with E-state index in [4.69, 9.17) is 11.5 Å². The van der Waals surface area contributed by atoms with Crippen LogP contribution in [0.5, 0.6) is 0 Å². The summed E-state index contributed by atoms with van der Waals surface area (Å²) in [7, 11) is 0. The molecule has 27 heavy (non-hydrogen) atoms. The summed E-state index contributed by atoms with van der Waals surface area (Å²) >= 11 is 0. The van der Waals surface area contributed by atoms with Crippen molar-refractivity contribution in [3.63, 3.8) is 0 Å². The molecule has 4 N–H and O–H groups in total. The van der Waals surface area contributed by atoms with Gasteiger partial charge in [-0.15, -0.1) is 0 Å². The third-order valence-corrected chi connectivity index (χ3v) is 6.95. The lowest BCUT2D eigenvalue weighted by molar-refractivity contribution is -0.179. The highest BCUT2D eigenvalue weighted by atomic mass is 19.4. The second kappa shape index (κ2) is 6.92. The highest BCUT2D eigenvalue weighted by Gasteiger charge is 2.47. The number of nitrogens with zero attached hydrogens (tertiary/aromatic N) is 1. The summed E-state index contributed by atoms with van der Waals surface area (Å²) in [4.78, 5) is 1.85. The first-order chi connectivity index (χ1) is 12.7. The van der Waals surface area contributed by atoms with Crippen molar-refractivity contribution in [2.45, 2.75) is 56.3 Å². The number of nitrogens with two attached hydrogens (primary N) is 2. The Hall–Kier alpha value is -1.34. The number of rotatable bonds is 2. The molecular weight excluding hydrogens is 358 g/mol. The Morgan fingerprint density at radius 1 is 1.00 bits per heavy atom. The Kier molecular flexibility index (Phi) is 4.87. The number of benzene rings is 1. The first kappa shape index (κ1) is 19.0. The molecule has 4 rings (SSSR count). The lowest BCUT2D eigenvalue weighted by Crippen LogP contribution is -2.39. The van der Waals surface area contributed by atoms with Gasteiger partial charge < -0.3 is 16.4 Å². The minimum Gasteiger partial charge on any atom is -0.371 e. The van der Waals surface area contributed by atoms with Gasteiger partial charge in [-0.05, 0) is 61.6 Å². The molecule has 0 aromatic heterocycles. The highest BCUT2D eigenvalue weighted by molar-refractivity contribution is 5.49. The smallest absolute Gasteiger partial charge is 0.371 e. The Morgan fingerprint density at radius 3 is 2.33 bits per heavy atom. The van der Waals surface area contributed by atoms with Crippen molar-refractivity contribution < 1.29 is 17.6 Å². The first-order valence-corrected chi connectivity index (χ1v) is 9.86. The number of anilines is 1. The van der Waals surface area contributed by atoms with E-state index in [0.29, 0.717) is 36.2 Å². The van der Waals surface area contributed by atoms with Crippen LogP contribution in [0.3, 0.4) is 0 Å². The molecule has 3 fully saturated rings. The van der Waals surface area contributed by atoms with Gasteiger partial charge in [0.05, 0.1) is 5.92 Å². The van der Waals surface area contributed by atoms with E-state index >= 15 is 0 Å². The van der Waals surface area contributed by atoms with Crippen LogP contribution in [-0.2, 0) is 0 Å². The van der Waals surface area contributed by atoms with Gasteiger partial charge in [0, 0.05) is 36.8 Å². The van der Waals surface area contributed by atoms with E-state index in [1.54, 1.807) is 6.07 Å². The normalized spacial score (nSPS) is 34.9. The lowest BCUT2D eigenvalue weighted by atomic mass is 9.84. The molecular formula is C20H27F4N3. The Labute approximate surface area is 157 Å². The molecule has 1 heterocycles. The summed E-state index contributed by atoms with van der Waals surface area (Å²) in [6, 6.07) is 5.21. The summed E-state index contributed by atoms with van der Waals surface area (Å²) < 4.78 is 53.5. The zero-order valence-electron chi connectivity index (χ0n) is 15.3. The van der Waals surface area contributed by atoms with Crippen molar-refractivity contribution in [2.24, 2.45) is 29.2 Å². The maximum atomic E-state index is 15.0. The quantitative estimate of drug-likeness (QED) is 0.762. The van der Waals surface area contributed by atoms with Gasteiger partial charge in [0.15, 0.2) is 0 Å². The van der Waals surface area contributed by atoms with Crippen LogP contribution in [0.15, 0.2) is 18.2 Å². The number of halogens is 4. The monoisotopic (exact) mass is 385 g/mol. The fraction of sp³-hybridized carbons (Fsp3) is 0.700. The number of piperidine rings is 1. The summed E-state index contributed by atoms with van der Waals surface area (Å²) in [6.45, 7) is 0.594. The van der Waals surface area contributed by atoms with E-state index in [0.717, 1.165) is 19.3 Å². The lowest BCUT2D eigenvalue weighted by Gasteiger charge is -2.34. The average Bonchev–Trinajstić information content (AvgIpc) is 3.09. The van der Waals surface area contributed by atoms with Crippen LogP contribution in [0.1, 0.15) is 43.6 Å². The summed E-state index contributed by atoms with van der Waals surface area (Å²) in [5.74, 6) is -0.767. The van der Waals surface area contributed by atoms with Crippen LogP contribution >= 0.6 is 0 Å². The topological polar surface area (TPSA) is 55.3 Å². The Morgan fingerprint density at radius 2 is 1.70 bits per heavy atom. The molecule has 5 unspecified atom stereocenters. The summed E-state index contributed by atoms with van der Waals surface area (Å²) in [5.41, 5.74) is 13.7. The largest absolute Gasteiger partial charge is 0.391 e. The van der Waals surface area contributed by atoms with E-state index in [1.165, 1.54) is 6.07 Å². The number of fused-ring (bicyclic) bond motifs is 1. The molecule has 5 atom stereocenters. The fourth-order valence-corrected chi connectivity index (χ4v) is 5.64. The number of hydrogen-bond acceptors (Lipinski definition) is 3. The minimum atomic E-state index is -4.14. The summed E-state index contributed by atoms with van der Waals surface area (Å²) in [6.07, 6.45) is -1.30. The van der Waals surface area contributed by atoms with Gasteiger partial charge >= 0.3 is 6.18 Å².